The minimum Gasteiger partial charge on any atom is -0.481 e. The van der Waals surface area contributed by atoms with E-state index in [1.165, 1.54) is 0 Å². The Hall–Kier alpha value is -3.63. The van der Waals surface area contributed by atoms with Crippen molar-refractivity contribution in [2.75, 3.05) is 25.5 Å². The van der Waals surface area contributed by atoms with Gasteiger partial charge in [0, 0.05) is 61.9 Å². The van der Waals surface area contributed by atoms with Gasteiger partial charge in [0.25, 0.3) is 0 Å². The molecule has 0 spiro atoms. The number of benzene rings is 2. The van der Waals surface area contributed by atoms with E-state index >= 15 is 0 Å². The Balaban J connectivity index is 1.37. The molecule has 1 aromatic heterocycles. The summed E-state index contributed by atoms with van der Waals surface area (Å²) in [5.41, 5.74) is 4.49. The van der Waals surface area contributed by atoms with E-state index in [1.807, 2.05) is 72.9 Å². The summed E-state index contributed by atoms with van der Waals surface area (Å²) in [5.74, 6) is -0.904. The number of carboxylic acids is 1. The van der Waals surface area contributed by atoms with Crippen LogP contribution in [0.25, 0.3) is 0 Å². The summed E-state index contributed by atoms with van der Waals surface area (Å²) in [4.78, 5) is 29.6. The third-order valence-electron chi connectivity index (χ3n) is 7.37. The normalized spacial score (nSPS) is 18.6. The molecule has 9 heteroatoms. The first kappa shape index (κ1) is 31.3. The van der Waals surface area contributed by atoms with Gasteiger partial charge in [0.1, 0.15) is 0 Å². The average Bonchev–Trinajstić information content (AvgIpc) is 3.00. The van der Waals surface area contributed by atoms with Crippen molar-refractivity contribution < 1.29 is 29.3 Å². The summed E-state index contributed by atoms with van der Waals surface area (Å²) in [6.45, 7) is 1.58. The Morgan fingerprint density at radius 2 is 1.69 bits per heavy atom. The quantitative estimate of drug-likeness (QED) is 0.210. The van der Waals surface area contributed by atoms with E-state index < -0.39 is 12.3 Å². The molecule has 0 radical (unpaired) electrons. The maximum Gasteiger partial charge on any atom is 0.303 e. The fourth-order valence-corrected chi connectivity index (χ4v) is 5.01. The number of hydrogen-bond acceptors (Lipinski definition) is 7. The third kappa shape index (κ3) is 10.0. The number of aliphatic hydroxyl groups excluding tert-OH is 1. The van der Waals surface area contributed by atoms with E-state index in [4.69, 9.17) is 14.6 Å². The summed E-state index contributed by atoms with van der Waals surface area (Å²) in [6, 6.07) is 21.3. The highest BCUT2D eigenvalue weighted by atomic mass is 16.7. The molecule has 3 atom stereocenters. The van der Waals surface area contributed by atoms with Crippen molar-refractivity contribution in [3.8, 4) is 0 Å². The number of nitrogens with one attached hydrogen (secondary N) is 1. The molecule has 2 heterocycles. The van der Waals surface area contributed by atoms with E-state index in [1.54, 1.807) is 0 Å². The van der Waals surface area contributed by atoms with Crippen LogP contribution >= 0.6 is 0 Å². The van der Waals surface area contributed by atoms with Crippen LogP contribution in [0.2, 0.25) is 0 Å². The monoisotopic (exact) mass is 575 g/mol. The van der Waals surface area contributed by atoms with Crippen LogP contribution in [0.3, 0.4) is 0 Å². The molecule has 3 unspecified atom stereocenters. The van der Waals surface area contributed by atoms with Crippen LogP contribution in [0.4, 0.5) is 5.69 Å². The van der Waals surface area contributed by atoms with Crippen molar-refractivity contribution in [3.63, 3.8) is 0 Å². The first-order valence-electron chi connectivity index (χ1n) is 14.6. The molecule has 42 heavy (non-hydrogen) atoms. The summed E-state index contributed by atoms with van der Waals surface area (Å²) >= 11 is 0. The van der Waals surface area contributed by atoms with Crippen LogP contribution in [0.5, 0.6) is 0 Å². The van der Waals surface area contributed by atoms with Gasteiger partial charge in [0.15, 0.2) is 6.29 Å². The zero-order valence-corrected chi connectivity index (χ0v) is 24.2. The molecule has 9 nitrogen and oxygen atoms in total. The predicted octanol–water partition coefficient (Wildman–Crippen LogP) is 5.27. The second-order valence-corrected chi connectivity index (χ2v) is 10.8. The number of carbonyl (C=O) groups is 2. The number of pyridine rings is 1. The van der Waals surface area contributed by atoms with Crippen molar-refractivity contribution in [3.05, 3.63) is 95.3 Å². The second-order valence-electron chi connectivity index (χ2n) is 10.8. The number of anilines is 1. The van der Waals surface area contributed by atoms with Crippen LogP contribution in [0, 0.1) is 0 Å². The van der Waals surface area contributed by atoms with Gasteiger partial charge in [-0.25, -0.2) is 0 Å². The first-order valence-corrected chi connectivity index (χ1v) is 14.6. The van der Waals surface area contributed by atoms with Gasteiger partial charge < -0.3 is 29.9 Å². The SMILES string of the molecule is CN(CCc1ccccn1)CC1CC(c2ccc(CO)cc2)OC(c2ccc(NC(=O)CCCCCC(=O)O)cc2)O1. The molecule has 0 aliphatic carbocycles. The molecule has 1 aliphatic rings. The number of hydrogen-bond donors (Lipinski definition) is 3. The Morgan fingerprint density at radius 3 is 2.38 bits per heavy atom. The maximum absolute atomic E-state index is 12.3. The molecule has 4 rings (SSSR count). The summed E-state index contributed by atoms with van der Waals surface area (Å²) in [6.07, 6.45) is 4.96. The zero-order chi connectivity index (χ0) is 29.7. The molecule has 0 bridgehead atoms. The highest BCUT2D eigenvalue weighted by molar-refractivity contribution is 5.90. The minimum absolute atomic E-state index is 0.00512. The fraction of sp³-hybridized carbons (Fsp3) is 0.424. The predicted molar refractivity (Wildman–Crippen MR) is 160 cm³/mol. The number of likely N-dealkylation sites (N-methyl/N-ethyl adjacent to an activating group) is 1. The standard InChI is InChI=1S/C33H41N3O6/c1-36(20-18-27-7-5-6-19-34-27)22-29-21-30(25-12-10-24(23-37)11-13-25)42-33(41-29)26-14-16-28(17-15-26)35-31(38)8-3-2-4-9-32(39)40/h5-7,10-17,19,29-30,33,37H,2-4,8-9,18,20-23H2,1H3,(H,35,38)(H,39,40). The number of rotatable bonds is 15. The van der Waals surface area contributed by atoms with Gasteiger partial charge >= 0.3 is 5.97 Å². The fourth-order valence-electron chi connectivity index (χ4n) is 5.01. The van der Waals surface area contributed by atoms with Crippen LogP contribution in [-0.2, 0) is 32.1 Å². The minimum atomic E-state index is -0.810. The average molecular weight is 576 g/mol. The lowest BCUT2D eigenvalue weighted by molar-refractivity contribution is -0.252. The Kier molecular flexibility index (Phi) is 12.0. The summed E-state index contributed by atoms with van der Waals surface area (Å²) in [7, 11) is 2.09. The number of carboxylic acid groups (broad SMARTS) is 1. The molecule has 0 saturated carbocycles. The highest BCUT2D eigenvalue weighted by Crippen LogP contribution is 2.38. The molecule has 3 aromatic rings. The van der Waals surface area contributed by atoms with Gasteiger partial charge in [-0.05, 0) is 55.3 Å². The molecule has 1 saturated heterocycles. The van der Waals surface area contributed by atoms with E-state index in [9.17, 15) is 14.7 Å². The molecule has 224 valence electrons. The number of aliphatic hydroxyl groups is 1. The number of amides is 1. The topological polar surface area (TPSA) is 121 Å². The highest BCUT2D eigenvalue weighted by Gasteiger charge is 2.32. The maximum atomic E-state index is 12.3. The van der Waals surface area contributed by atoms with Gasteiger partial charge in [-0.1, -0.05) is 48.9 Å². The van der Waals surface area contributed by atoms with E-state index in [2.05, 4.69) is 22.2 Å². The van der Waals surface area contributed by atoms with Crippen LogP contribution in [0.1, 0.15) is 73.3 Å². The Labute approximate surface area is 247 Å². The number of aliphatic carboxylic acids is 1. The molecule has 1 fully saturated rings. The van der Waals surface area contributed by atoms with Crippen molar-refractivity contribution in [2.45, 2.75) is 70.1 Å². The first-order chi connectivity index (χ1) is 20.4. The third-order valence-corrected chi connectivity index (χ3v) is 7.37. The van der Waals surface area contributed by atoms with Gasteiger partial charge in [-0.2, -0.15) is 0 Å². The van der Waals surface area contributed by atoms with Crippen molar-refractivity contribution in [1.29, 1.82) is 0 Å². The van der Waals surface area contributed by atoms with E-state index in [0.717, 1.165) is 41.9 Å². The molecular formula is C33H41N3O6. The van der Waals surface area contributed by atoms with Crippen LogP contribution in [0.15, 0.2) is 72.9 Å². The number of unbranched alkanes of at least 4 members (excludes halogenated alkanes) is 2. The lowest BCUT2D eigenvalue weighted by Crippen LogP contribution is -2.38. The Morgan fingerprint density at radius 1 is 0.952 bits per heavy atom. The molecule has 1 aliphatic heterocycles. The lowest BCUT2D eigenvalue weighted by Gasteiger charge is -2.38. The summed E-state index contributed by atoms with van der Waals surface area (Å²) < 4.78 is 12.9. The number of carbonyl (C=O) groups excluding carboxylic acids is 1. The van der Waals surface area contributed by atoms with E-state index in [0.29, 0.717) is 37.8 Å². The molecule has 3 N–H and O–H groups in total. The zero-order valence-electron chi connectivity index (χ0n) is 24.2. The van der Waals surface area contributed by atoms with E-state index in [-0.39, 0.29) is 31.1 Å². The van der Waals surface area contributed by atoms with Gasteiger partial charge in [0.2, 0.25) is 5.91 Å². The van der Waals surface area contributed by atoms with Crippen LogP contribution < -0.4 is 5.32 Å². The van der Waals surface area contributed by atoms with Crippen LogP contribution in [-0.4, -0.2) is 58.2 Å². The van der Waals surface area contributed by atoms with Gasteiger partial charge in [0.05, 0.1) is 18.8 Å². The van der Waals surface area contributed by atoms with Crippen molar-refractivity contribution in [2.24, 2.45) is 0 Å². The van der Waals surface area contributed by atoms with Crippen molar-refractivity contribution in [1.82, 2.24) is 9.88 Å². The molecule has 1 amide bonds. The largest absolute Gasteiger partial charge is 0.481 e. The number of nitrogens with zero attached hydrogens (tertiary/aromatic N) is 2. The lowest BCUT2D eigenvalue weighted by atomic mass is 9.99. The molecular weight excluding hydrogens is 534 g/mol. The Bertz CT molecular complexity index is 1250. The van der Waals surface area contributed by atoms with Gasteiger partial charge in [-0.15, -0.1) is 0 Å². The second kappa shape index (κ2) is 16.1. The number of aromatic nitrogens is 1. The summed E-state index contributed by atoms with van der Waals surface area (Å²) in [5, 5.41) is 21.1. The number of ether oxygens (including phenoxy) is 2. The molecule has 2 aromatic carbocycles. The van der Waals surface area contributed by atoms with Crippen molar-refractivity contribution >= 4 is 17.6 Å². The van der Waals surface area contributed by atoms with Gasteiger partial charge in [-0.3, -0.25) is 14.6 Å². The smallest absolute Gasteiger partial charge is 0.303 e.